The molecule has 1 nitrogen and oxygen atoms in total. The molecule has 0 unspecified atom stereocenters. The lowest BCUT2D eigenvalue weighted by Gasteiger charge is -1.92. The summed E-state index contributed by atoms with van der Waals surface area (Å²) in [6.45, 7) is 2.19. The molecule has 1 heteroatoms. The van der Waals surface area contributed by atoms with Gasteiger partial charge in [0.05, 0.1) is 6.08 Å². The molecule has 0 bridgehead atoms. The lowest BCUT2D eigenvalue weighted by Crippen LogP contribution is -1.73. The van der Waals surface area contributed by atoms with Crippen LogP contribution in [0, 0.1) is 17.4 Å². The highest BCUT2D eigenvalue weighted by atomic mass is 14.2. The van der Waals surface area contributed by atoms with Crippen molar-refractivity contribution in [1.29, 1.82) is 5.26 Å². The molecule has 0 saturated carbocycles. The van der Waals surface area contributed by atoms with Crippen molar-refractivity contribution in [3.63, 3.8) is 0 Å². The zero-order valence-electron chi connectivity index (χ0n) is 6.56. The van der Waals surface area contributed by atoms with Crippen LogP contribution in [0.3, 0.4) is 0 Å². The Kier molecular flexibility index (Phi) is 7.60. The smallest absolute Gasteiger partial charge is 0.100 e. The molecular weight excluding hydrogens is 122 g/mol. The van der Waals surface area contributed by atoms with Crippen molar-refractivity contribution in [3.8, 4) is 6.07 Å². The standard InChI is InChI=1S/C9H14N/c1-2-3-4-5-6-7-8-9-10/h7H,2-6H2,1H3. The van der Waals surface area contributed by atoms with E-state index in [0.29, 0.717) is 0 Å². The molecule has 0 aliphatic heterocycles. The Morgan fingerprint density at radius 2 is 2.10 bits per heavy atom. The Bertz CT molecular complexity index is 119. The van der Waals surface area contributed by atoms with E-state index in [4.69, 9.17) is 5.26 Å². The van der Waals surface area contributed by atoms with Gasteiger partial charge in [-0.25, -0.2) is 0 Å². The van der Waals surface area contributed by atoms with E-state index < -0.39 is 0 Å². The first-order valence-electron chi connectivity index (χ1n) is 3.88. The minimum atomic E-state index is 1.01. The summed E-state index contributed by atoms with van der Waals surface area (Å²) in [7, 11) is 0. The zero-order valence-corrected chi connectivity index (χ0v) is 6.56. The van der Waals surface area contributed by atoms with Gasteiger partial charge in [0.1, 0.15) is 6.07 Å². The Hall–Kier alpha value is -0.770. The van der Waals surface area contributed by atoms with Crippen LogP contribution in [0.2, 0.25) is 0 Å². The van der Waals surface area contributed by atoms with Gasteiger partial charge in [-0.05, 0) is 12.8 Å². The van der Waals surface area contributed by atoms with Gasteiger partial charge in [-0.2, -0.15) is 5.26 Å². The normalized spacial score (nSPS) is 10.0. The maximum atomic E-state index is 8.08. The summed E-state index contributed by atoms with van der Waals surface area (Å²) in [5.74, 6) is 0. The van der Waals surface area contributed by atoms with E-state index in [2.05, 4.69) is 13.0 Å². The molecule has 0 aliphatic carbocycles. The summed E-state index contributed by atoms with van der Waals surface area (Å²) < 4.78 is 0. The van der Waals surface area contributed by atoms with Crippen LogP contribution in [0.1, 0.15) is 39.0 Å². The summed E-state index contributed by atoms with van der Waals surface area (Å²) in [5, 5.41) is 8.08. The molecule has 0 aliphatic rings. The van der Waals surface area contributed by atoms with Crippen molar-refractivity contribution >= 4 is 0 Å². The van der Waals surface area contributed by atoms with Gasteiger partial charge in [-0.1, -0.05) is 32.3 Å². The van der Waals surface area contributed by atoms with Gasteiger partial charge in [0, 0.05) is 0 Å². The van der Waals surface area contributed by atoms with E-state index in [1.807, 2.05) is 12.1 Å². The number of hydrogen-bond donors (Lipinski definition) is 0. The highest BCUT2D eigenvalue weighted by Crippen LogP contribution is 2.02. The first-order valence-corrected chi connectivity index (χ1v) is 3.88. The third-order valence-electron chi connectivity index (χ3n) is 1.37. The predicted octanol–water partition coefficient (Wildman–Crippen LogP) is 2.84. The Balaban J connectivity index is 2.92. The fourth-order valence-electron chi connectivity index (χ4n) is 0.791. The highest BCUT2D eigenvalue weighted by molar-refractivity contribution is 4.91. The number of nitrogens with zero attached hydrogens (tertiary/aromatic N) is 1. The summed E-state index contributed by atoms with van der Waals surface area (Å²) in [4.78, 5) is 0. The van der Waals surface area contributed by atoms with Crippen molar-refractivity contribution in [2.45, 2.75) is 39.0 Å². The molecule has 0 aromatic rings. The van der Waals surface area contributed by atoms with Crippen LogP contribution >= 0.6 is 0 Å². The van der Waals surface area contributed by atoms with Crippen LogP contribution in [-0.4, -0.2) is 0 Å². The fraction of sp³-hybridized carbons (Fsp3) is 0.667. The van der Waals surface area contributed by atoms with Gasteiger partial charge >= 0.3 is 0 Å². The number of allylic oxidation sites excluding steroid dienone is 2. The molecule has 0 heterocycles. The fourth-order valence-corrected chi connectivity index (χ4v) is 0.791. The molecule has 0 aromatic heterocycles. The van der Waals surface area contributed by atoms with Crippen LogP contribution in [0.4, 0.5) is 0 Å². The molecule has 10 heavy (non-hydrogen) atoms. The van der Waals surface area contributed by atoms with Crippen LogP contribution in [0.5, 0.6) is 0 Å². The average Bonchev–Trinajstić information content (AvgIpc) is 1.97. The molecule has 0 amide bonds. The largest absolute Gasteiger partial charge is 0.192 e. The first-order chi connectivity index (χ1) is 4.91. The van der Waals surface area contributed by atoms with Gasteiger partial charge in [0.25, 0.3) is 0 Å². The molecular formula is C9H14N. The highest BCUT2D eigenvalue weighted by Gasteiger charge is 1.83. The topological polar surface area (TPSA) is 23.8 Å². The third kappa shape index (κ3) is 7.23. The molecule has 0 aromatic carbocycles. The minimum Gasteiger partial charge on any atom is -0.192 e. The number of unbranched alkanes of at least 4 members (excludes halogenated alkanes) is 4. The number of hydrogen-bond acceptors (Lipinski definition) is 1. The van der Waals surface area contributed by atoms with E-state index in [0.717, 1.165) is 6.42 Å². The average molecular weight is 136 g/mol. The molecule has 0 rings (SSSR count). The minimum absolute atomic E-state index is 1.01. The van der Waals surface area contributed by atoms with E-state index in [1.165, 1.54) is 25.7 Å². The molecule has 0 spiro atoms. The van der Waals surface area contributed by atoms with Gasteiger partial charge in [0.2, 0.25) is 0 Å². The van der Waals surface area contributed by atoms with Crippen molar-refractivity contribution in [2.75, 3.05) is 0 Å². The van der Waals surface area contributed by atoms with Crippen LogP contribution in [0.25, 0.3) is 0 Å². The van der Waals surface area contributed by atoms with Crippen molar-refractivity contribution in [1.82, 2.24) is 0 Å². The van der Waals surface area contributed by atoms with Crippen molar-refractivity contribution < 1.29 is 0 Å². The summed E-state index contributed by atoms with van der Waals surface area (Å²) >= 11 is 0. The SMILES string of the molecule is CCCCCC/C=[C]\C#N. The zero-order chi connectivity index (χ0) is 7.66. The third-order valence-corrected chi connectivity index (χ3v) is 1.37. The summed E-state index contributed by atoms with van der Waals surface area (Å²) in [6, 6.07) is 1.85. The Morgan fingerprint density at radius 3 is 2.70 bits per heavy atom. The predicted molar refractivity (Wildman–Crippen MR) is 42.2 cm³/mol. The second-order valence-electron chi connectivity index (χ2n) is 2.31. The molecule has 1 radical (unpaired) electrons. The van der Waals surface area contributed by atoms with Gasteiger partial charge < -0.3 is 0 Å². The molecule has 0 N–H and O–H groups in total. The number of rotatable bonds is 5. The van der Waals surface area contributed by atoms with E-state index in [9.17, 15) is 0 Å². The maximum Gasteiger partial charge on any atom is 0.100 e. The van der Waals surface area contributed by atoms with Crippen LogP contribution in [0.15, 0.2) is 6.08 Å². The monoisotopic (exact) mass is 136 g/mol. The Morgan fingerprint density at radius 1 is 1.30 bits per heavy atom. The van der Waals surface area contributed by atoms with E-state index in [-0.39, 0.29) is 0 Å². The summed E-state index contributed by atoms with van der Waals surface area (Å²) in [5.41, 5.74) is 0. The van der Waals surface area contributed by atoms with Crippen LogP contribution in [-0.2, 0) is 0 Å². The lowest BCUT2D eigenvalue weighted by atomic mass is 10.1. The van der Waals surface area contributed by atoms with Crippen LogP contribution < -0.4 is 0 Å². The molecule has 0 saturated heterocycles. The number of nitriles is 1. The van der Waals surface area contributed by atoms with Crippen molar-refractivity contribution in [2.24, 2.45) is 0 Å². The maximum absolute atomic E-state index is 8.08. The Labute approximate surface area is 63.4 Å². The summed E-state index contributed by atoms with van der Waals surface area (Å²) in [6.07, 6.45) is 10.4. The van der Waals surface area contributed by atoms with Gasteiger partial charge in [-0.15, -0.1) is 0 Å². The lowest BCUT2D eigenvalue weighted by molar-refractivity contribution is 0.674. The second kappa shape index (κ2) is 8.23. The van der Waals surface area contributed by atoms with Crippen molar-refractivity contribution in [3.05, 3.63) is 12.2 Å². The quantitative estimate of drug-likeness (QED) is 0.421. The first kappa shape index (κ1) is 9.23. The van der Waals surface area contributed by atoms with Gasteiger partial charge in [-0.3, -0.25) is 0 Å². The molecule has 0 fully saturated rings. The van der Waals surface area contributed by atoms with Gasteiger partial charge in [0.15, 0.2) is 0 Å². The van der Waals surface area contributed by atoms with E-state index in [1.54, 1.807) is 0 Å². The molecule has 55 valence electrons. The molecule has 0 atom stereocenters. The second-order valence-corrected chi connectivity index (χ2v) is 2.31. The van der Waals surface area contributed by atoms with E-state index >= 15 is 0 Å².